The fourth-order valence-corrected chi connectivity index (χ4v) is 1.67. The van der Waals surface area contributed by atoms with E-state index in [2.05, 4.69) is 26.0 Å². The molecular formula is C10H4BrClF3N3O. The molecule has 0 aromatic carbocycles. The lowest BCUT2D eigenvalue weighted by Gasteiger charge is -2.08. The van der Waals surface area contributed by atoms with Crippen LogP contribution in [0.5, 0.6) is 0 Å². The molecule has 0 bridgehead atoms. The van der Waals surface area contributed by atoms with Gasteiger partial charge in [0.2, 0.25) is 0 Å². The van der Waals surface area contributed by atoms with Crippen LogP contribution < -0.4 is 0 Å². The Morgan fingerprint density at radius 2 is 2.05 bits per heavy atom. The number of alkyl halides is 3. The van der Waals surface area contributed by atoms with Gasteiger partial charge in [0.15, 0.2) is 11.5 Å². The van der Waals surface area contributed by atoms with E-state index in [1.54, 1.807) is 0 Å². The van der Waals surface area contributed by atoms with Crippen LogP contribution in [0, 0.1) is 0 Å². The first-order chi connectivity index (χ1) is 8.79. The van der Waals surface area contributed by atoms with Crippen molar-refractivity contribution in [2.75, 3.05) is 0 Å². The highest BCUT2D eigenvalue weighted by molar-refractivity contribution is 9.10. The predicted octanol–water partition coefficient (Wildman–Crippen LogP) is 3.43. The summed E-state index contributed by atoms with van der Waals surface area (Å²) >= 11 is 8.26. The van der Waals surface area contributed by atoms with Gasteiger partial charge in [-0.1, -0.05) is 0 Å². The quantitative estimate of drug-likeness (QED) is 0.776. The molecule has 0 aliphatic carbocycles. The Bertz CT molecular complexity index is 624. The van der Waals surface area contributed by atoms with Crippen molar-refractivity contribution in [1.29, 1.82) is 0 Å². The monoisotopic (exact) mass is 353 g/mol. The molecular weight excluding hydrogens is 350 g/mol. The van der Waals surface area contributed by atoms with E-state index in [0.29, 0.717) is 15.2 Å². The third-order valence-electron chi connectivity index (χ3n) is 2.13. The average Bonchev–Trinajstić information content (AvgIpc) is 2.74. The van der Waals surface area contributed by atoms with E-state index in [1.807, 2.05) is 0 Å². The van der Waals surface area contributed by atoms with E-state index in [0.717, 1.165) is 0 Å². The molecule has 0 unspecified atom stereocenters. The second-order valence-corrected chi connectivity index (χ2v) is 4.69. The van der Waals surface area contributed by atoms with E-state index < -0.39 is 22.8 Å². The van der Waals surface area contributed by atoms with Gasteiger partial charge in [0.25, 0.3) is 5.24 Å². The number of carbonyl (C=O) groups is 1. The van der Waals surface area contributed by atoms with Gasteiger partial charge in [-0.05, 0) is 39.7 Å². The van der Waals surface area contributed by atoms with Crippen molar-refractivity contribution < 1.29 is 18.0 Å². The van der Waals surface area contributed by atoms with E-state index in [4.69, 9.17) is 11.6 Å². The van der Waals surface area contributed by atoms with Crippen molar-refractivity contribution in [1.82, 2.24) is 14.8 Å². The van der Waals surface area contributed by atoms with Crippen LogP contribution in [0.1, 0.15) is 16.2 Å². The summed E-state index contributed by atoms with van der Waals surface area (Å²) in [5.41, 5.74) is -1.61. The topological polar surface area (TPSA) is 47.8 Å². The number of rotatable bonds is 2. The lowest BCUT2D eigenvalue weighted by atomic mass is 10.3. The third kappa shape index (κ3) is 2.95. The first-order valence-electron chi connectivity index (χ1n) is 4.78. The van der Waals surface area contributed by atoms with Crippen LogP contribution in [-0.2, 0) is 6.18 Å². The van der Waals surface area contributed by atoms with Gasteiger partial charge in [0.05, 0.1) is 0 Å². The molecule has 0 saturated heterocycles. The molecule has 2 aromatic heterocycles. The maximum Gasteiger partial charge on any atom is 0.433 e. The van der Waals surface area contributed by atoms with Crippen LogP contribution in [0.4, 0.5) is 13.2 Å². The lowest BCUT2D eigenvalue weighted by Crippen LogP contribution is -2.14. The molecule has 0 saturated carbocycles. The molecule has 0 radical (unpaired) electrons. The second kappa shape index (κ2) is 4.93. The zero-order chi connectivity index (χ0) is 14.2. The predicted molar refractivity (Wildman–Crippen MR) is 64.2 cm³/mol. The van der Waals surface area contributed by atoms with Gasteiger partial charge >= 0.3 is 6.18 Å². The average molecular weight is 355 g/mol. The molecule has 0 aliphatic rings. The fraction of sp³-hybridized carbons (Fsp3) is 0.100. The molecule has 9 heteroatoms. The molecule has 0 atom stereocenters. The molecule has 0 spiro atoms. The summed E-state index contributed by atoms with van der Waals surface area (Å²) in [4.78, 5) is 14.7. The third-order valence-corrected chi connectivity index (χ3v) is 2.79. The molecule has 2 rings (SSSR count). The molecule has 2 heterocycles. The summed E-state index contributed by atoms with van der Waals surface area (Å²) < 4.78 is 39.6. The van der Waals surface area contributed by atoms with Crippen molar-refractivity contribution in [3.63, 3.8) is 0 Å². The zero-order valence-corrected chi connectivity index (χ0v) is 11.3. The van der Waals surface area contributed by atoms with Gasteiger partial charge < -0.3 is 0 Å². The van der Waals surface area contributed by atoms with Crippen molar-refractivity contribution in [3.05, 3.63) is 40.3 Å². The molecule has 0 N–H and O–H groups in total. The number of hydrogen-bond acceptors (Lipinski definition) is 3. The van der Waals surface area contributed by atoms with E-state index >= 15 is 0 Å². The van der Waals surface area contributed by atoms with Gasteiger partial charge in [-0.2, -0.15) is 18.3 Å². The van der Waals surface area contributed by atoms with E-state index in [1.165, 1.54) is 18.3 Å². The number of hydrogen-bond donors (Lipinski definition) is 0. The summed E-state index contributed by atoms with van der Waals surface area (Å²) in [6.07, 6.45) is -3.36. The van der Waals surface area contributed by atoms with Crippen molar-refractivity contribution in [2.24, 2.45) is 0 Å². The Balaban J connectivity index is 2.61. The largest absolute Gasteiger partial charge is 0.433 e. The molecule has 0 amide bonds. The fourth-order valence-electron chi connectivity index (χ4n) is 1.35. The Morgan fingerprint density at radius 3 is 2.53 bits per heavy atom. The number of carbonyl (C=O) groups excluding carboxylic acids is 1. The SMILES string of the molecule is O=C(Cl)c1cc(C(F)(F)F)n(-c2ccc(Br)cn2)n1. The summed E-state index contributed by atoms with van der Waals surface area (Å²) in [5.74, 6) is -0.0697. The normalized spacial score (nSPS) is 11.6. The molecule has 0 aliphatic heterocycles. The molecule has 0 fully saturated rings. The number of aromatic nitrogens is 3. The number of pyridine rings is 1. The van der Waals surface area contributed by atoms with Crippen LogP contribution in [0.2, 0.25) is 0 Å². The Hall–Kier alpha value is -1.41. The number of nitrogens with zero attached hydrogens (tertiary/aromatic N) is 3. The standard InChI is InChI=1S/C10H4BrClF3N3O/c11-5-1-2-8(16-4-5)18-7(10(13,14)15)3-6(17-18)9(12)19/h1-4H. The minimum atomic E-state index is -4.67. The van der Waals surface area contributed by atoms with Crippen LogP contribution in [0.25, 0.3) is 5.82 Å². The van der Waals surface area contributed by atoms with Gasteiger partial charge in [-0.25, -0.2) is 9.67 Å². The summed E-state index contributed by atoms with van der Waals surface area (Å²) in [7, 11) is 0. The smallest absolute Gasteiger partial charge is 0.274 e. The van der Waals surface area contributed by atoms with Crippen molar-refractivity contribution >= 4 is 32.8 Å². The summed E-state index contributed by atoms with van der Waals surface area (Å²) in [5, 5.41) is 2.45. The van der Waals surface area contributed by atoms with Crippen molar-refractivity contribution in [2.45, 2.75) is 6.18 Å². The van der Waals surface area contributed by atoms with Crippen molar-refractivity contribution in [3.8, 4) is 5.82 Å². The molecule has 19 heavy (non-hydrogen) atoms. The highest BCUT2D eigenvalue weighted by Gasteiger charge is 2.37. The maximum absolute atomic E-state index is 12.8. The minimum absolute atomic E-state index is 0.0697. The van der Waals surface area contributed by atoms with Crippen LogP contribution in [-0.4, -0.2) is 20.0 Å². The Labute approximate surface area is 118 Å². The first-order valence-corrected chi connectivity index (χ1v) is 5.95. The lowest BCUT2D eigenvalue weighted by molar-refractivity contribution is -0.142. The maximum atomic E-state index is 12.8. The van der Waals surface area contributed by atoms with Gasteiger partial charge in [-0.15, -0.1) is 0 Å². The highest BCUT2D eigenvalue weighted by atomic mass is 79.9. The molecule has 2 aromatic rings. The van der Waals surface area contributed by atoms with Gasteiger partial charge in [-0.3, -0.25) is 4.79 Å². The van der Waals surface area contributed by atoms with Gasteiger partial charge in [0.1, 0.15) is 5.69 Å². The molecule has 4 nitrogen and oxygen atoms in total. The summed E-state index contributed by atoms with van der Waals surface area (Å²) in [6, 6.07) is 3.42. The highest BCUT2D eigenvalue weighted by Crippen LogP contribution is 2.31. The Morgan fingerprint density at radius 1 is 1.37 bits per heavy atom. The summed E-state index contributed by atoms with van der Waals surface area (Å²) in [6.45, 7) is 0. The van der Waals surface area contributed by atoms with Gasteiger partial charge in [0, 0.05) is 16.7 Å². The van der Waals surface area contributed by atoms with Crippen LogP contribution in [0.3, 0.4) is 0 Å². The Kier molecular flexibility index (Phi) is 3.64. The zero-order valence-electron chi connectivity index (χ0n) is 8.95. The van der Waals surface area contributed by atoms with E-state index in [-0.39, 0.29) is 5.82 Å². The van der Waals surface area contributed by atoms with E-state index in [9.17, 15) is 18.0 Å². The van der Waals surface area contributed by atoms with Crippen LogP contribution in [0.15, 0.2) is 28.9 Å². The first kappa shape index (κ1) is 14.0. The minimum Gasteiger partial charge on any atom is -0.274 e. The second-order valence-electron chi connectivity index (χ2n) is 3.43. The number of halogens is 5. The van der Waals surface area contributed by atoms with Crippen LogP contribution >= 0.6 is 27.5 Å². The molecule has 100 valence electrons.